The van der Waals surface area contributed by atoms with Crippen LogP contribution in [0.1, 0.15) is 69.2 Å². The maximum absolute atomic E-state index is 4.51. The van der Waals surface area contributed by atoms with Crippen molar-refractivity contribution in [2.45, 2.75) is 69.2 Å². The number of hydrogen-bond donors (Lipinski definition) is 0. The molecule has 5 radical (unpaired) electrons. The largest absolute Gasteiger partial charge is 1.00 e. The third kappa shape index (κ3) is 39.8. The molecule has 0 aliphatic rings. The molecule has 0 bridgehead atoms. The van der Waals surface area contributed by atoms with Gasteiger partial charge in [0.25, 0.3) is 0 Å². The van der Waals surface area contributed by atoms with E-state index in [-0.39, 0.29) is 178 Å². The summed E-state index contributed by atoms with van der Waals surface area (Å²) in [6, 6.07) is 56.8. The molecule has 17 rings (SSSR count). The summed E-state index contributed by atoms with van der Waals surface area (Å²) in [5.41, 5.74) is 9.26. The third-order valence-electron chi connectivity index (χ3n) is 22.8. The van der Waals surface area contributed by atoms with E-state index in [4.69, 9.17) is 0 Å². The van der Waals surface area contributed by atoms with Crippen LogP contribution in [0.4, 0.5) is 0 Å². The van der Waals surface area contributed by atoms with Crippen molar-refractivity contribution in [2.75, 3.05) is 133 Å². The summed E-state index contributed by atoms with van der Waals surface area (Å²) in [5, 5.41) is 21.6. The van der Waals surface area contributed by atoms with Crippen LogP contribution in [0.3, 0.4) is 0 Å². The zero-order valence-corrected chi connectivity index (χ0v) is 108. The van der Waals surface area contributed by atoms with E-state index >= 15 is 0 Å². The molecule has 0 fully saturated rings. The molecule has 0 unspecified atom stereocenters. The number of nitrogens with zero attached hydrogens (tertiary/aromatic N) is 20. The van der Waals surface area contributed by atoms with Gasteiger partial charge in [-0.2, -0.15) is 0 Å². The van der Waals surface area contributed by atoms with Gasteiger partial charge in [0.15, 0.2) is 0 Å². The predicted octanol–water partition coefficient (Wildman–Crippen LogP) is 26.3. The van der Waals surface area contributed by atoms with Crippen LogP contribution in [-0.4, -0.2) is 221 Å². The van der Waals surface area contributed by atoms with E-state index in [0.29, 0.717) is 51.6 Å². The van der Waals surface area contributed by atoms with Gasteiger partial charge in [0.05, 0.1) is 156 Å². The van der Waals surface area contributed by atoms with Gasteiger partial charge in [-0.1, -0.05) is 60.0 Å². The van der Waals surface area contributed by atoms with E-state index in [0.717, 1.165) is 55.9 Å². The van der Waals surface area contributed by atoms with Crippen molar-refractivity contribution in [3.63, 3.8) is 0 Å². The van der Waals surface area contributed by atoms with Crippen LogP contribution in [0.15, 0.2) is 292 Å². The Bertz CT molecular complexity index is 5830. The minimum atomic E-state index is -0.151. The molecule has 20 nitrogen and oxygen atoms in total. The molecule has 0 amide bonds. The van der Waals surface area contributed by atoms with Gasteiger partial charge in [0, 0.05) is 174 Å². The molecule has 17 aromatic rings. The average molecular weight is 2920 g/mol. The van der Waals surface area contributed by atoms with Crippen LogP contribution in [0.5, 0.6) is 0 Å². The number of hydrogen-bond acceptors (Lipinski definition) is 15. The number of allylic oxidation sites excluding steroid dienone is 10. The maximum atomic E-state index is 4.51. The first-order valence-corrected chi connectivity index (χ1v) is 69.4. The Morgan fingerprint density at radius 2 is 0.609 bits per heavy atom. The fraction of sp³-hybridized carbons (Fsp3) is 0.291. The van der Waals surface area contributed by atoms with Gasteiger partial charge in [0.1, 0.15) is 65.8 Å². The Morgan fingerprint density at radius 1 is 0.275 bits per heavy atom. The SMILES string of the molecule is CC(=C(C)[PH+](C)C)[PH+](C)C.CC(=C(C)[PH+](C)C)[PH+](C)C.CC(=C(C)[PH+](C)C)[PH+](C)C.CC(=C(C)[PH+](C)C)[PH+](C)C.CC(=C(C)[PH+](C)C)[PH+](C)C.[Os+].[Os+].[Os+].[Os+].[Os+].[c-]1cc2ccccc2cc1-c1cn2cccnc2n1.[c-]1ccccc1-c1cn2cccnc2n1.[c-]1ccccc1-c1cn2cncnc2n1.c1ccc(-c2nc3nccnc3[n-]2)nc1.c1ccc2cc(-c3nc4nccnc4[n-]3)ncc2c1. The summed E-state index contributed by atoms with van der Waals surface area (Å²) in [4.78, 5) is 71.7. The minimum absolute atomic E-state index is 0. The zero-order chi connectivity index (χ0) is 97.1. The molecule has 35 heteroatoms. The third-order valence-corrected chi connectivity index (χ3v) is 42.8. The first kappa shape index (κ1) is 126. The van der Waals surface area contributed by atoms with Crippen molar-refractivity contribution in [3.8, 4) is 56.8 Å². The molecular weight excluding hydrogens is 2780 g/mol. The maximum Gasteiger partial charge on any atom is 1.00 e. The van der Waals surface area contributed by atoms with E-state index in [1.807, 2.05) is 173 Å². The smallest absolute Gasteiger partial charge is 0.365 e. The molecule has 0 saturated carbocycles. The molecule has 0 aliphatic carbocycles. The first-order valence-electron chi connectivity index (χ1n) is 44.4. The van der Waals surface area contributed by atoms with E-state index < -0.39 is 0 Å². The molecule has 138 heavy (non-hydrogen) atoms. The number of pyridine rings is 2. The van der Waals surface area contributed by atoms with Crippen LogP contribution in [0, 0.1) is 18.2 Å². The van der Waals surface area contributed by atoms with Crippen LogP contribution in [-0.2, 0) is 99.0 Å². The fourth-order valence-corrected chi connectivity index (χ4v) is 27.3. The van der Waals surface area contributed by atoms with E-state index in [1.165, 1.54) is 17.1 Å². The second-order valence-electron chi connectivity index (χ2n) is 34.2. The van der Waals surface area contributed by atoms with Crippen molar-refractivity contribution in [1.29, 1.82) is 0 Å². The Morgan fingerprint density at radius 3 is 0.964 bits per heavy atom. The number of benzene rings is 5. The normalized spacial score (nSPS) is 11.8. The molecule has 0 aliphatic heterocycles. The molecule has 5 aromatic carbocycles. The summed E-state index contributed by atoms with van der Waals surface area (Å²) in [5.74, 6) is 3.20. The van der Waals surface area contributed by atoms with Crippen LogP contribution in [0.25, 0.3) is 118 Å². The minimum Gasteiger partial charge on any atom is -0.365 e. The zero-order valence-electron chi connectivity index (χ0n) is 85.2. The van der Waals surface area contributed by atoms with Gasteiger partial charge in [-0.15, -0.1) is 101 Å². The first-order chi connectivity index (χ1) is 63.4. The van der Waals surface area contributed by atoms with E-state index in [9.17, 15) is 0 Å². The quantitative estimate of drug-likeness (QED) is 0.0685. The van der Waals surface area contributed by atoms with Crippen LogP contribution < -0.4 is 9.97 Å². The number of aromatic nitrogens is 20. The Labute approximate surface area is 898 Å². The van der Waals surface area contributed by atoms with Crippen molar-refractivity contribution >= 4 is 141 Å². The molecule has 12 heterocycles. The summed E-state index contributed by atoms with van der Waals surface area (Å²) in [6.07, 6.45) is 26.3. The predicted molar refractivity (Wildman–Crippen MR) is 606 cm³/mol. The van der Waals surface area contributed by atoms with Crippen molar-refractivity contribution < 1.29 is 99.0 Å². The Hall–Kier alpha value is -6.01. The second-order valence-corrected chi connectivity index (χ2v) is 61.7. The van der Waals surface area contributed by atoms with Gasteiger partial charge in [0.2, 0.25) is 17.3 Å². The molecule has 0 saturated heterocycles. The molecule has 0 atom stereocenters. The molecule has 0 N–H and O–H groups in total. The number of fused-ring (bicyclic) bond motifs is 7. The van der Waals surface area contributed by atoms with Gasteiger partial charge in [-0.25, -0.2) is 19.9 Å². The molecule has 0 spiro atoms. The second kappa shape index (κ2) is 64.7. The Kier molecular flexibility index (Phi) is 59.1. The fourth-order valence-electron chi connectivity index (χ4n) is 12.3. The van der Waals surface area contributed by atoms with Crippen LogP contribution in [0.2, 0.25) is 0 Å². The van der Waals surface area contributed by atoms with Gasteiger partial charge >= 0.3 is 99.0 Å². The van der Waals surface area contributed by atoms with Gasteiger partial charge < -0.3 is 38.7 Å². The van der Waals surface area contributed by atoms with Gasteiger partial charge in [-0.05, 0) is 136 Å². The molecular formula is C103H139N20Os5P10+10. The summed E-state index contributed by atoms with van der Waals surface area (Å²) in [7, 11) is -1.51. The van der Waals surface area contributed by atoms with Gasteiger partial charge in [-0.3, -0.25) is 39.3 Å². The number of rotatable bonds is 15. The monoisotopic (exact) mass is 2930 g/mol. The van der Waals surface area contributed by atoms with Crippen LogP contribution >= 0.6 is 79.2 Å². The van der Waals surface area contributed by atoms with Crippen molar-refractivity contribution in [2.24, 2.45) is 0 Å². The van der Waals surface area contributed by atoms with Crippen molar-refractivity contribution in [3.05, 3.63) is 310 Å². The summed E-state index contributed by atoms with van der Waals surface area (Å²) < 4.78 is 5.60. The summed E-state index contributed by atoms with van der Waals surface area (Å²) in [6.45, 7) is 70.5. The van der Waals surface area contributed by atoms with Crippen molar-refractivity contribution in [1.82, 2.24) is 97.9 Å². The summed E-state index contributed by atoms with van der Waals surface area (Å²) >= 11 is 0. The topological polar surface area (TPSA) is 235 Å². The molecule has 731 valence electrons. The molecule has 12 aromatic heterocycles. The number of imidazole rings is 5. The van der Waals surface area contributed by atoms with E-state index in [2.05, 4.69) is 324 Å². The average Bonchev–Trinajstić information content (AvgIpc) is 1.62. The standard InChI is InChI=1S/C16H10N3.C14H8N5.C12H8N3.C11H7N4.C10H6N5.5C8H18P2.5Os/c1-2-5-13-10-14(7-6-12(13)4-1)15-11-19-9-3-8-17-16(19)18-15;1-2-4-10-8-17-11(7-9(10)3-1)12-18-13-14(19-12)16-6-5-15-13;1-2-5-10(6-3-1)11-9-15-8-4-7-13-12(15)14-11;1-2-4-9(5-3-1)10-6-15-8-12-7-13-11(15)14-10;1-2-4-11-7(3-1)8-14-9-10(15-8)13-6-5-12-9;5*1-7(9(3)4)8(2)10(5)6;;;;;/h1-6,8-11H;1-8H;1-5,7-9H;1-4,6-8H;1-6H;5*1-6H3;;;;;/q5*-1;;;;;;5*+1/p+10. The van der Waals surface area contributed by atoms with E-state index in [1.54, 1.807) is 107 Å². The Balaban J connectivity index is 0.000000398.